The van der Waals surface area contributed by atoms with Crippen LogP contribution in [0.2, 0.25) is 0 Å². The first-order valence-electron chi connectivity index (χ1n) is 9.29. The molecule has 29 heavy (non-hydrogen) atoms. The van der Waals surface area contributed by atoms with Crippen molar-refractivity contribution >= 4 is 28.2 Å². The largest absolute Gasteiger partial charge is 0.462 e. The summed E-state index contributed by atoms with van der Waals surface area (Å²) in [6.07, 6.45) is 2.31. The average Bonchev–Trinajstić information content (AvgIpc) is 3.27. The van der Waals surface area contributed by atoms with Gasteiger partial charge in [-0.05, 0) is 44.0 Å². The molecule has 1 amide bonds. The van der Waals surface area contributed by atoms with Crippen LogP contribution in [0.1, 0.15) is 51.0 Å². The van der Waals surface area contributed by atoms with Gasteiger partial charge in [-0.1, -0.05) is 13.0 Å². The highest BCUT2D eigenvalue weighted by Gasteiger charge is 2.24. The molecule has 0 spiro atoms. The predicted octanol–water partition coefficient (Wildman–Crippen LogP) is 3.85. The molecule has 3 aromatic heterocycles. The van der Waals surface area contributed by atoms with Crippen LogP contribution in [-0.4, -0.2) is 23.1 Å². The van der Waals surface area contributed by atoms with E-state index in [0.29, 0.717) is 22.7 Å². The maximum atomic E-state index is 12.7. The van der Waals surface area contributed by atoms with Crippen LogP contribution in [0.15, 0.2) is 45.7 Å². The topological polar surface area (TPSA) is 90.5 Å². The quantitative estimate of drug-likeness (QED) is 0.593. The van der Waals surface area contributed by atoms with Gasteiger partial charge in [0.1, 0.15) is 10.8 Å². The summed E-state index contributed by atoms with van der Waals surface area (Å²) in [5.41, 5.74) is 1.11. The van der Waals surface area contributed by atoms with E-state index in [9.17, 15) is 14.4 Å². The first-order valence-corrected chi connectivity index (χ1v) is 10.1. The van der Waals surface area contributed by atoms with Gasteiger partial charge in [0, 0.05) is 17.1 Å². The van der Waals surface area contributed by atoms with Crippen molar-refractivity contribution in [3.8, 4) is 0 Å². The third-order valence-corrected chi connectivity index (χ3v) is 5.44. The van der Waals surface area contributed by atoms with Gasteiger partial charge in [-0.25, -0.2) is 4.79 Å². The highest BCUT2D eigenvalue weighted by Crippen LogP contribution is 2.34. The van der Waals surface area contributed by atoms with E-state index < -0.39 is 11.9 Å². The summed E-state index contributed by atoms with van der Waals surface area (Å²) in [5, 5.41) is 3.21. The second kappa shape index (κ2) is 8.91. The Kier molecular flexibility index (Phi) is 6.33. The SMILES string of the molecule is CCOC(=O)c1c(NC(=O)c2ccc(Cn3ccccc3=O)o2)sc(C)c1CC. The zero-order valence-electron chi connectivity index (χ0n) is 16.5. The number of aryl methyl sites for hydroxylation is 1. The number of nitrogens with zero attached hydrogens (tertiary/aromatic N) is 1. The van der Waals surface area contributed by atoms with Crippen molar-refractivity contribution in [2.45, 2.75) is 33.7 Å². The van der Waals surface area contributed by atoms with Gasteiger partial charge in [-0.3, -0.25) is 9.59 Å². The van der Waals surface area contributed by atoms with Crippen molar-refractivity contribution in [1.82, 2.24) is 4.57 Å². The molecule has 0 radical (unpaired) electrons. The number of pyridine rings is 1. The van der Waals surface area contributed by atoms with Crippen LogP contribution in [-0.2, 0) is 17.7 Å². The van der Waals surface area contributed by atoms with E-state index in [4.69, 9.17) is 9.15 Å². The summed E-state index contributed by atoms with van der Waals surface area (Å²) >= 11 is 1.33. The zero-order valence-corrected chi connectivity index (χ0v) is 17.3. The van der Waals surface area contributed by atoms with E-state index in [1.54, 1.807) is 37.4 Å². The van der Waals surface area contributed by atoms with Gasteiger partial charge in [0.15, 0.2) is 5.76 Å². The number of amides is 1. The van der Waals surface area contributed by atoms with Gasteiger partial charge in [-0.2, -0.15) is 0 Å². The van der Waals surface area contributed by atoms with E-state index in [-0.39, 0.29) is 24.5 Å². The fraction of sp³-hybridized carbons (Fsp3) is 0.286. The highest BCUT2D eigenvalue weighted by atomic mass is 32.1. The number of esters is 1. The number of furan rings is 1. The van der Waals surface area contributed by atoms with E-state index in [1.165, 1.54) is 22.0 Å². The Hall–Kier alpha value is -3.13. The molecule has 152 valence electrons. The molecule has 0 atom stereocenters. The van der Waals surface area contributed by atoms with Crippen molar-refractivity contribution in [3.63, 3.8) is 0 Å². The van der Waals surface area contributed by atoms with Crippen molar-refractivity contribution in [3.05, 3.63) is 74.4 Å². The lowest BCUT2D eigenvalue weighted by Gasteiger charge is -2.07. The molecule has 0 aromatic carbocycles. The number of nitrogens with one attached hydrogen (secondary N) is 1. The second-order valence-electron chi connectivity index (χ2n) is 6.30. The van der Waals surface area contributed by atoms with Crippen LogP contribution < -0.4 is 10.9 Å². The number of aromatic nitrogens is 1. The minimum atomic E-state index is -0.467. The normalized spacial score (nSPS) is 10.7. The Morgan fingerprint density at radius 3 is 2.69 bits per heavy atom. The molecule has 0 unspecified atom stereocenters. The molecule has 8 heteroatoms. The van der Waals surface area contributed by atoms with E-state index in [2.05, 4.69) is 5.32 Å². The Bertz CT molecular complexity index is 1090. The fourth-order valence-electron chi connectivity index (χ4n) is 3.02. The Morgan fingerprint density at radius 2 is 2.00 bits per heavy atom. The number of ether oxygens (including phenoxy) is 1. The summed E-state index contributed by atoms with van der Waals surface area (Å²) in [4.78, 5) is 37.8. The third kappa shape index (κ3) is 4.48. The summed E-state index contributed by atoms with van der Waals surface area (Å²) in [6, 6.07) is 8.06. The van der Waals surface area contributed by atoms with Crippen LogP contribution in [0.25, 0.3) is 0 Å². The van der Waals surface area contributed by atoms with E-state index >= 15 is 0 Å². The smallest absolute Gasteiger partial charge is 0.341 e. The molecule has 0 saturated carbocycles. The molecule has 0 aliphatic carbocycles. The van der Waals surface area contributed by atoms with Crippen LogP contribution in [0, 0.1) is 6.92 Å². The third-order valence-electron chi connectivity index (χ3n) is 4.38. The standard InChI is InChI=1S/C21H22N2O5S/c1-4-15-13(3)29-20(18(15)21(26)27-5-2)22-19(25)16-10-9-14(28-16)12-23-11-7-6-8-17(23)24/h6-11H,4-5,12H2,1-3H3,(H,22,25). The van der Waals surface area contributed by atoms with Crippen LogP contribution >= 0.6 is 11.3 Å². The fourth-order valence-corrected chi connectivity index (χ4v) is 4.15. The lowest BCUT2D eigenvalue weighted by molar-refractivity contribution is 0.0527. The molecule has 0 saturated heterocycles. The number of hydrogen-bond donors (Lipinski definition) is 1. The minimum Gasteiger partial charge on any atom is -0.462 e. The van der Waals surface area contributed by atoms with Crippen LogP contribution in [0.4, 0.5) is 5.00 Å². The van der Waals surface area contributed by atoms with Gasteiger partial charge in [-0.15, -0.1) is 11.3 Å². The molecule has 3 aromatic rings. The van der Waals surface area contributed by atoms with Crippen molar-refractivity contribution in [1.29, 1.82) is 0 Å². The number of hydrogen-bond acceptors (Lipinski definition) is 6. The Labute approximate surface area is 171 Å². The number of carbonyl (C=O) groups is 2. The number of anilines is 1. The zero-order chi connectivity index (χ0) is 21.0. The van der Waals surface area contributed by atoms with Crippen LogP contribution in [0.3, 0.4) is 0 Å². The molecule has 3 heterocycles. The Morgan fingerprint density at radius 1 is 1.21 bits per heavy atom. The Balaban J connectivity index is 1.81. The summed E-state index contributed by atoms with van der Waals surface area (Å²) < 4.78 is 12.2. The molecule has 0 aliphatic heterocycles. The molecule has 0 fully saturated rings. The van der Waals surface area contributed by atoms with E-state index in [0.717, 1.165) is 10.4 Å². The molecule has 1 N–H and O–H groups in total. The second-order valence-corrected chi connectivity index (χ2v) is 7.53. The molecule has 3 rings (SSSR count). The van der Waals surface area contributed by atoms with Crippen LogP contribution in [0.5, 0.6) is 0 Å². The molecular formula is C21H22N2O5S. The van der Waals surface area contributed by atoms with Gasteiger partial charge in [0.25, 0.3) is 11.5 Å². The van der Waals surface area contributed by atoms with Crippen molar-refractivity contribution < 1.29 is 18.7 Å². The minimum absolute atomic E-state index is 0.0999. The maximum absolute atomic E-state index is 12.7. The van der Waals surface area contributed by atoms with Gasteiger partial charge < -0.3 is 19.0 Å². The maximum Gasteiger partial charge on any atom is 0.341 e. The van der Waals surface area contributed by atoms with Gasteiger partial charge >= 0.3 is 5.97 Å². The molecule has 0 aliphatic rings. The lowest BCUT2D eigenvalue weighted by Crippen LogP contribution is -2.18. The number of carbonyl (C=O) groups excluding carboxylic acids is 2. The first-order chi connectivity index (χ1) is 13.9. The predicted molar refractivity (Wildman–Crippen MR) is 111 cm³/mol. The monoisotopic (exact) mass is 414 g/mol. The van der Waals surface area contributed by atoms with Crippen molar-refractivity contribution in [2.24, 2.45) is 0 Å². The summed E-state index contributed by atoms with van der Waals surface area (Å²) in [7, 11) is 0. The number of rotatable bonds is 7. The molecule has 0 bridgehead atoms. The summed E-state index contributed by atoms with van der Waals surface area (Å²) in [6.45, 7) is 6.07. The van der Waals surface area contributed by atoms with Crippen molar-refractivity contribution in [2.75, 3.05) is 11.9 Å². The highest BCUT2D eigenvalue weighted by molar-refractivity contribution is 7.16. The number of thiophene rings is 1. The van der Waals surface area contributed by atoms with E-state index in [1.807, 2.05) is 13.8 Å². The lowest BCUT2D eigenvalue weighted by atomic mass is 10.1. The average molecular weight is 414 g/mol. The van der Waals surface area contributed by atoms with Gasteiger partial charge in [0.2, 0.25) is 0 Å². The molecule has 7 nitrogen and oxygen atoms in total. The van der Waals surface area contributed by atoms with Gasteiger partial charge in [0.05, 0.1) is 18.7 Å². The summed E-state index contributed by atoms with van der Waals surface area (Å²) in [5.74, 6) is -0.340. The molecular weight excluding hydrogens is 392 g/mol. The first kappa shape index (κ1) is 20.6.